The molecule has 1 atom stereocenters. The molecule has 144 valence electrons. The summed E-state index contributed by atoms with van der Waals surface area (Å²) in [6, 6.07) is 13.7. The van der Waals surface area contributed by atoms with Crippen LogP contribution < -0.4 is 0 Å². The summed E-state index contributed by atoms with van der Waals surface area (Å²) < 4.78 is 17.2. The molecule has 0 saturated heterocycles. The van der Waals surface area contributed by atoms with Crippen LogP contribution in [-0.2, 0) is 15.5 Å². The van der Waals surface area contributed by atoms with Gasteiger partial charge in [0.05, 0.1) is 28.4 Å². The van der Waals surface area contributed by atoms with Crippen molar-refractivity contribution in [2.24, 2.45) is 0 Å². The number of methoxy groups -OCH3 is 1. The number of carbonyl (C=O) groups is 2. The van der Waals surface area contributed by atoms with Gasteiger partial charge in [-0.2, -0.15) is 0 Å². The Labute approximate surface area is 167 Å². The molecule has 4 nitrogen and oxygen atoms in total. The second-order valence-corrected chi connectivity index (χ2v) is 8.11. The van der Waals surface area contributed by atoms with Crippen molar-refractivity contribution in [2.75, 3.05) is 12.9 Å². The minimum absolute atomic E-state index is 0.113. The SMILES string of the molecule is COC(=O)c1ccccc1S(=O)CCCCCCC(=O)c1ccc(Cl)cc1. The van der Waals surface area contributed by atoms with Crippen molar-refractivity contribution < 1.29 is 18.5 Å². The Kier molecular flexibility index (Phi) is 8.69. The van der Waals surface area contributed by atoms with Crippen molar-refractivity contribution in [3.63, 3.8) is 0 Å². The molecule has 0 aliphatic carbocycles. The number of ether oxygens (including phenoxy) is 1. The van der Waals surface area contributed by atoms with Gasteiger partial charge in [0, 0.05) is 22.8 Å². The molecule has 2 rings (SSSR count). The van der Waals surface area contributed by atoms with Crippen molar-refractivity contribution in [1.29, 1.82) is 0 Å². The molecule has 27 heavy (non-hydrogen) atoms. The molecule has 0 aliphatic rings. The van der Waals surface area contributed by atoms with Crippen LogP contribution in [0.4, 0.5) is 0 Å². The van der Waals surface area contributed by atoms with E-state index in [4.69, 9.17) is 16.3 Å². The zero-order valence-corrected chi connectivity index (χ0v) is 16.9. The fraction of sp³-hybridized carbons (Fsp3) is 0.333. The number of rotatable bonds is 10. The van der Waals surface area contributed by atoms with Gasteiger partial charge in [-0.1, -0.05) is 36.6 Å². The van der Waals surface area contributed by atoms with E-state index in [-0.39, 0.29) is 5.78 Å². The highest BCUT2D eigenvalue weighted by Gasteiger charge is 2.15. The number of hydrogen-bond acceptors (Lipinski definition) is 4. The molecule has 0 aliphatic heterocycles. The van der Waals surface area contributed by atoms with Gasteiger partial charge in [-0.3, -0.25) is 9.00 Å². The average Bonchev–Trinajstić information content (AvgIpc) is 2.70. The van der Waals surface area contributed by atoms with Gasteiger partial charge in [0.1, 0.15) is 0 Å². The van der Waals surface area contributed by atoms with E-state index in [1.54, 1.807) is 48.5 Å². The van der Waals surface area contributed by atoms with Gasteiger partial charge in [-0.05, 0) is 49.2 Å². The van der Waals surface area contributed by atoms with E-state index in [0.717, 1.165) is 25.7 Å². The fourth-order valence-corrected chi connectivity index (χ4v) is 4.15. The van der Waals surface area contributed by atoms with E-state index in [9.17, 15) is 13.8 Å². The maximum Gasteiger partial charge on any atom is 0.339 e. The summed E-state index contributed by atoms with van der Waals surface area (Å²) in [7, 11) is 0.0693. The summed E-state index contributed by atoms with van der Waals surface area (Å²) in [4.78, 5) is 24.3. The maximum absolute atomic E-state index is 12.5. The zero-order chi connectivity index (χ0) is 19.6. The molecule has 1 unspecified atom stereocenters. The van der Waals surface area contributed by atoms with E-state index in [1.165, 1.54) is 7.11 Å². The van der Waals surface area contributed by atoms with Gasteiger partial charge < -0.3 is 4.74 Å². The van der Waals surface area contributed by atoms with Gasteiger partial charge >= 0.3 is 5.97 Å². The normalized spacial score (nSPS) is 11.8. The number of Topliss-reactive ketones (excluding diaryl/α,β-unsaturated/α-hetero) is 1. The van der Waals surface area contributed by atoms with Crippen LogP contribution in [0.5, 0.6) is 0 Å². The average molecular weight is 407 g/mol. The minimum Gasteiger partial charge on any atom is -0.465 e. The van der Waals surface area contributed by atoms with Crippen LogP contribution in [0.25, 0.3) is 0 Å². The van der Waals surface area contributed by atoms with Crippen LogP contribution in [0.15, 0.2) is 53.4 Å². The van der Waals surface area contributed by atoms with Crippen LogP contribution in [0.1, 0.15) is 52.8 Å². The first kappa shape index (κ1) is 21.3. The van der Waals surface area contributed by atoms with E-state index < -0.39 is 16.8 Å². The Morgan fingerprint density at radius 3 is 2.33 bits per heavy atom. The van der Waals surface area contributed by atoms with Crippen molar-refractivity contribution in [3.8, 4) is 0 Å². The highest BCUT2D eigenvalue weighted by Crippen LogP contribution is 2.17. The predicted octanol–water partition coefficient (Wildman–Crippen LogP) is 5.07. The minimum atomic E-state index is -1.24. The number of hydrogen-bond donors (Lipinski definition) is 0. The van der Waals surface area contributed by atoms with Crippen molar-refractivity contribution in [2.45, 2.75) is 37.0 Å². The molecule has 0 saturated carbocycles. The number of ketones is 1. The zero-order valence-electron chi connectivity index (χ0n) is 15.3. The lowest BCUT2D eigenvalue weighted by molar-refractivity contribution is 0.0596. The molecule has 0 fully saturated rings. The third-order valence-corrected chi connectivity index (χ3v) is 5.95. The lowest BCUT2D eigenvalue weighted by atomic mass is 10.0. The summed E-state index contributed by atoms with van der Waals surface area (Å²) in [6.45, 7) is 0. The molecule has 0 radical (unpaired) electrons. The van der Waals surface area contributed by atoms with E-state index in [1.807, 2.05) is 0 Å². The smallest absolute Gasteiger partial charge is 0.339 e. The molecule has 2 aromatic rings. The Morgan fingerprint density at radius 1 is 0.963 bits per heavy atom. The van der Waals surface area contributed by atoms with Gasteiger partial charge in [0.2, 0.25) is 0 Å². The lowest BCUT2D eigenvalue weighted by Crippen LogP contribution is -2.08. The quantitative estimate of drug-likeness (QED) is 0.314. The summed E-state index contributed by atoms with van der Waals surface area (Å²) >= 11 is 5.82. The molecule has 0 N–H and O–H groups in total. The van der Waals surface area contributed by atoms with Crippen LogP contribution >= 0.6 is 11.6 Å². The number of esters is 1. The van der Waals surface area contributed by atoms with Gasteiger partial charge in [0.15, 0.2) is 5.78 Å². The van der Waals surface area contributed by atoms with Gasteiger partial charge in [0.25, 0.3) is 0 Å². The number of unbranched alkanes of at least 4 members (excludes halogenated alkanes) is 3. The second kappa shape index (κ2) is 11.0. The standard InChI is InChI=1S/C21H23ClO4S/c1-26-21(24)18-8-5-6-10-20(18)27(25)15-7-3-2-4-9-19(23)16-11-13-17(22)14-12-16/h5-6,8,10-14H,2-4,7,9,15H2,1H3. The molecule has 0 aromatic heterocycles. The molecule has 0 amide bonds. The fourth-order valence-electron chi connectivity index (χ4n) is 2.71. The largest absolute Gasteiger partial charge is 0.465 e. The Morgan fingerprint density at radius 2 is 1.63 bits per heavy atom. The number of benzene rings is 2. The Balaban J connectivity index is 1.71. The first-order valence-corrected chi connectivity index (χ1v) is 10.6. The molecule has 0 spiro atoms. The van der Waals surface area contributed by atoms with Gasteiger partial charge in [-0.25, -0.2) is 4.79 Å². The number of halogens is 1. The first-order chi connectivity index (χ1) is 13.0. The third kappa shape index (κ3) is 6.60. The third-order valence-electron chi connectivity index (χ3n) is 4.19. The van der Waals surface area contributed by atoms with Crippen molar-refractivity contribution >= 4 is 34.2 Å². The van der Waals surface area contributed by atoms with Crippen molar-refractivity contribution in [3.05, 3.63) is 64.7 Å². The number of carbonyl (C=O) groups excluding carboxylic acids is 2. The van der Waals surface area contributed by atoms with E-state index >= 15 is 0 Å². The van der Waals surface area contributed by atoms with Crippen LogP contribution in [0.3, 0.4) is 0 Å². The van der Waals surface area contributed by atoms with Crippen LogP contribution in [-0.4, -0.2) is 28.8 Å². The molecule has 2 aromatic carbocycles. The summed E-state index contributed by atoms with van der Waals surface area (Å²) in [5.74, 6) is 0.126. The lowest BCUT2D eigenvalue weighted by Gasteiger charge is -2.07. The predicted molar refractivity (Wildman–Crippen MR) is 108 cm³/mol. The van der Waals surface area contributed by atoms with E-state index in [0.29, 0.717) is 33.2 Å². The molecular weight excluding hydrogens is 384 g/mol. The topological polar surface area (TPSA) is 60.4 Å². The Hall–Kier alpha value is -1.98. The highest BCUT2D eigenvalue weighted by molar-refractivity contribution is 7.85. The summed E-state index contributed by atoms with van der Waals surface area (Å²) in [5.41, 5.74) is 1.03. The monoisotopic (exact) mass is 406 g/mol. The second-order valence-electron chi connectivity index (χ2n) is 6.13. The molecular formula is C21H23ClO4S. The first-order valence-electron chi connectivity index (χ1n) is 8.87. The van der Waals surface area contributed by atoms with Crippen LogP contribution in [0, 0.1) is 0 Å². The molecule has 0 bridgehead atoms. The van der Waals surface area contributed by atoms with Crippen molar-refractivity contribution in [1.82, 2.24) is 0 Å². The van der Waals surface area contributed by atoms with Gasteiger partial charge in [-0.15, -0.1) is 0 Å². The Bertz CT molecular complexity index is 802. The molecule has 0 heterocycles. The summed E-state index contributed by atoms with van der Waals surface area (Å²) in [6.07, 6.45) is 3.86. The molecule has 6 heteroatoms. The maximum atomic E-state index is 12.5. The van der Waals surface area contributed by atoms with E-state index in [2.05, 4.69) is 0 Å². The highest BCUT2D eigenvalue weighted by atomic mass is 35.5. The summed E-state index contributed by atoms with van der Waals surface area (Å²) in [5, 5.41) is 0.619. The van der Waals surface area contributed by atoms with Crippen LogP contribution in [0.2, 0.25) is 5.02 Å².